The van der Waals surface area contributed by atoms with Crippen LogP contribution in [0.25, 0.3) is 22.5 Å². The van der Waals surface area contributed by atoms with Crippen molar-refractivity contribution in [3.63, 3.8) is 0 Å². The maximum Gasteiger partial charge on any atom is 0.417 e. The number of carboxylic acid groups (broad SMARTS) is 1. The zero-order chi connectivity index (χ0) is 30.5. The molecule has 8 nitrogen and oxygen atoms in total. The van der Waals surface area contributed by atoms with E-state index in [1.807, 2.05) is 0 Å². The number of aromatic nitrogens is 2. The highest BCUT2D eigenvalue weighted by molar-refractivity contribution is 5.76. The van der Waals surface area contributed by atoms with E-state index in [1.165, 1.54) is 6.07 Å². The van der Waals surface area contributed by atoms with E-state index < -0.39 is 29.4 Å². The molecule has 6 rings (SSSR count). The first kappa shape index (κ1) is 28.7. The molecule has 1 aliphatic carbocycles. The number of nitrogens with zero attached hydrogens (tertiary/aromatic N) is 2. The summed E-state index contributed by atoms with van der Waals surface area (Å²) < 4.78 is 59.9. The van der Waals surface area contributed by atoms with Crippen LogP contribution in [0, 0.1) is 0 Å². The number of ether oxygens (including phenoxy) is 2. The van der Waals surface area contributed by atoms with Gasteiger partial charge in [-0.25, -0.2) is 0 Å². The second-order valence-electron chi connectivity index (χ2n) is 11.6. The molecule has 0 saturated heterocycles. The first-order valence-corrected chi connectivity index (χ1v) is 13.9. The predicted molar refractivity (Wildman–Crippen MR) is 149 cm³/mol. The van der Waals surface area contributed by atoms with E-state index >= 15 is 0 Å². The number of benzene rings is 3. The van der Waals surface area contributed by atoms with Crippen molar-refractivity contribution in [1.82, 2.24) is 10.1 Å². The quantitative estimate of drug-likeness (QED) is 0.230. The van der Waals surface area contributed by atoms with Crippen LogP contribution in [-0.4, -0.2) is 38.5 Å². The fraction of sp³-hybridized carbons (Fsp3) is 0.344. The average Bonchev–Trinajstić information content (AvgIpc) is 3.66. The molecule has 11 heteroatoms. The Morgan fingerprint density at radius 2 is 1.77 bits per heavy atom. The summed E-state index contributed by atoms with van der Waals surface area (Å²) in [6, 6.07) is 14.4. The standard InChI is InChI=1S/C32H29F3N2O6/c1-31(2,40)15-27-36-30(37-43-27)18-5-3-17(4-6-18)29-23-10-12-25(22(23)9-11-24(29)32(33,34)35)42-20-7-8-21-19(13-28(38)39)16-41-26(21)14-20/h3-9,11,14,19,25,40H,10,12-13,15-16H2,1-2H3,(H,38,39)/t19-,25-/m1/s1. The smallest absolute Gasteiger partial charge is 0.417 e. The molecular weight excluding hydrogens is 565 g/mol. The molecule has 4 aromatic rings. The van der Waals surface area contributed by atoms with Crippen LogP contribution in [0.3, 0.4) is 0 Å². The van der Waals surface area contributed by atoms with Crippen molar-refractivity contribution < 1.29 is 42.2 Å². The van der Waals surface area contributed by atoms with Gasteiger partial charge in [-0.2, -0.15) is 18.2 Å². The minimum Gasteiger partial charge on any atom is -0.492 e. The normalized spacial score (nSPS) is 17.8. The first-order chi connectivity index (χ1) is 20.4. The highest BCUT2D eigenvalue weighted by Crippen LogP contribution is 2.47. The molecule has 1 aromatic heterocycles. The summed E-state index contributed by atoms with van der Waals surface area (Å²) >= 11 is 0. The molecule has 0 amide bonds. The molecule has 0 saturated carbocycles. The zero-order valence-electron chi connectivity index (χ0n) is 23.4. The van der Waals surface area contributed by atoms with Gasteiger partial charge < -0.3 is 24.2 Å². The Morgan fingerprint density at radius 1 is 1.05 bits per heavy atom. The van der Waals surface area contributed by atoms with Gasteiger partial charge in [0.2, 0.25) is 11.7 Å². The lowest BCUT2D eigenvalue weighted by Gasteiger charge is -2.20. The van der Waals surface area contributed by atoms with Crippen molar-refractivity contribution in [1.29, 1.82) is 0 Å². The number of alkyl halides is 3. The van der Waals surface area contributed by atoms with Crippen LogP contribution in [0.4, 0.5) is 13.2 Å². The Labute approximate surface area is 245 Å². The van der Waals surface area contributed by atoms with Gasteiger partial charge in [-0.15, -0.1) is 0 Å². The van der Waals surface area contributed by atoms with Crippen molar-refractivity contribution in [2.75, 3.05) is 6.61 Å². The number of fused-ring (bicyclic) bond motifs is 2. The van der Waals surface area contributed by atoms with Crippen molar-refractivity contribution in [3.05, 3.63) is 82.7 Å². The molecule has 3 aromatic carbocycles. The molecule has 0 unspecified atom stereocenters. The molecule has 0 fully saturated rings. The number of hydrogen-bond donors (Lipinski definition) is 2. The molecule has 43 heavy (non-hydrogen) atoms. The number of aliphatic hydroxyl groups is 1. The van der Waals surface area contributed by atoms with Crippen molar-refractivity contribution in [2.24, 2.45) is 0 Å². The molecular formula is C32H29F3N2O6. The monoisotopic (exact) mass is 594 g/mol. The van der Waals surface area contributed by atoms with Crippen LogP contribution >= 0.6 is 0 Å². The van der Waals surface area contributed by atoms with Crippen LogP contribution in [0.2, 0.25) is 0 Å². The van der Waals surface area contributed by atoms with E-state index in [1.54, 1.807) is 56.3 Å². The molecule has 2 heterocycles. The Bertz CT molecular complexity index is 1670. The number of rotatable bonds is 8. The Kier molecular flexibility index (Phi) is 7.16. The molecule has 2 N–H and O–H groups in total. The molecule has 1 aliphatic heterocycles. The van der Waals surface area contributed by atoms with Crippen LogP contribution in [-0.2, 0) is 23.8 Å². The number of hydrogen-bond acceptors (Lipinski definition) is 7. The van der Waals surface area contributed by atoms with Gasteiger partial charge in [-0.05, 0) is 61.1 Å². The lowest BCUT2D eigenvalue weighted by Crippen LogP contribution is -2.21. The predicted octanol–water partition coefficient (Wildman–Crippen LogP) is 6.75. The van der Waals surface area contributed by atoms with E-state index in [-0.39, 0.29) is 42.6 Å². The number of carbonyl (C=O) groups is 1. The second kappa shape index (κ2) is 10.7. The lowest BCUT2D eigenvalue weighted by molar-refractivity contribution is -0.138. The summed E-state index contributed by atoms with van der Waals surface area (Å²) in [5.41, 5.74) is 1.41. The molecule has 0 bridgehead atoms. The highest BCUT2D eigenvalue weighted by atomic mass is 19.4. The Hall–Kier alpha value is -4.38. The third-order valence-electron chi connectivity index (χ3n) is 7.71. The first-order valence-electron chi connectivity index (χ1n) is 13.9. The van der Waals surface area contributed by atoms with Crippen LogP contribution in [0.1, 0.15) is 66.9 Å². The SMILES string of the molecule is CC(C)(O)Cc1nc(-c2ccc(-c3c(C(F)(F)F)ccc4c3CC[C@H]4Oc3ccc4c(c3)OC[C@H]4CC(=O)O)cc2)no1. The largest absolute Gasteiger partial charge is 0.492 e. The van der Waals surface area contributed by atoms with E-state index in [9.17, 15) is 23.1 Å². The van der Waals surface area contributed by atoms with E-state index in [4.69, 9.17) is 19.1 Å². The van der Waals surface area contributed by atoms with Gasteiger partial charge in [-0.3, -0.25) is 4.79 Å². The summed E-state index contributed by atoms with van der Waals surface area (Å²) in [5, 5.41) is 23.1. The summed E-state index contributed by atoms with van der Waals surface area (Å²) in [7, 11) is 0. The summed E-state index contributed by atoms with van der Waals surface area (Å²) in [4.78, 5) is 15.5. The van der Waals surface area contributed by atoms with Crippen molar-refractivity contribution in [3.8, 4) is 34.0 Å². The molecule has 224 valence electrons. The van der Waals surface area contributed by atoms with Gasteiger partial charge in [0.15, 0.2) is 0 Å². The number of aliphatic carboxylic acids is 1. The van der Waals surface area contributed by atoms with E-state index in [0.29, 0.717) is 46.6 Å². The topological polar surface area (TPSA) is 115 Å². The third-order valence-corrected chi connectivity index (χ3v) is 7.71. The van der Waals surface area contributed by atoms with E-state index in [0.717, 1.165) is 11.6 Å². The van der Waals surface area contributed by atoms with Gasteiger partial charge in [0.25, 0.3) is 0 Å². The van der Waals surface area contributed by atoms with Crippen LogP contribution in [0.5, 0.6) is 11.5 Å². The molecule has 0 spiro atoms. The van der Waals surface area contributed by atoms with Crippen LogP contribution in [0.15, 0.2) is 59.1 Å². The van der Waals surface area contributed by atoms with Gasteiger partial charge in [-0.1, -0.05) is 41.6 Å². The maximum absolute atomic E-state index is 14.2. The minimum absolute atomic E-state index is 0.0350. The highest BCUT2D eigenvalue weighted by Gasteiger charge is 2.38. The lowest BCUT2D eigenvalue weighted by atomic mass is 9.91. The van der Waals surface area contributed by atoms with Crippen molar-refractivity contribution >= 4 is 5.97 Å². The van der Waals surface area contributed by atoms with Gasteiger partial charge >= 0.3 is 12.1 Å². The minimum atomic E-state index is -4.56. The second-order valence-corrected chi connectivity index (χ2v) is 11.6. The van der Waals surface area contributed by atoms with Gasteiger partial charge in [0, 0.05) is 23.1 Å². The van der Waals surface area contributed by atoms with E-state index in [2.05, 4.69) is 10.1 Å². The fourth-order valence-corrected chi connectivity index (χ4v) is 5.83. The number of halogens is 3. The zero-order valence-corrected chi connectivity index (χ0v) is 23.4. The maximum atomic E-state index is 14.2. The fourth-order valence-electron chi connectivity index (χ4n) is 5.83. The average molecular weight is 595 g/mol. The third kappa shape index (κ3) is 5.94. The number of carboxylic acids is 1. The molecule has 2 aliphatic rings. The molecule has 0 radical (unpaired) electrons. The van der Waals surface area contributed by atoms with Crippen LogP contribution < -0.4 is 9.47 Å². The summed E-state index contributed by atoms with van der Waals surface area (Å²) in [6.07, 6.45) is -4.01. The molecule has 2 atom stereocenters. The summed E-state index contributed by atoms with van der Waals surface area (Å²) in [6.45, 7) is 3.52. The van der Waals surface area contributed by atoms with Gasteiger partial charge in [0.1, 0.15) is 17.6 Å². The Morgan fingerprint density at radius 3 is 2.47 bits per heavy atom. The Balaban J connectivity index is 1.28. The summed E-state index contributed by atoms with van der Waals surface area (Å²) in [5.74, 6) is 0.456. The van der Waals surface area contributed by atoms with Crippen molar-refractivity contribution in [2.45, 2.75) is 63.3 Å². The van der Waals surface area contributed by atoms with Gasteiger partial charge in [0.05, 0.1) is 30.6 Å².